The lowest BCUT2D eigenvalue weighted by atomic mass is 9.94. The van der Waals surface area contributed by atoms with Gasteiger partial charge in [-0.2, -0.15) is 0 Å². The Balaban J connectivity index is 1.36. The number of ether oxygens (including phenoxy) is 1. The number of fused-ring (bicyclic) bond motifs is 1. The summed E-state index contributed by atoms with van der Waals surface area (Å²) in [6.45, 7) is 3.17. The minimum atomic E-state index is 0.00696. The number of carbonyl (C=O) groups is 2. The van der Waals surface area contributed by atoms with E-state index >= 15 is 0 Å². The van der Waals surface area contributed by atoms with E-state index in [9.17, 15) is 9.59 Å². The Bertz CT molecular complexity index is 900. The Morgan fingerprint density at radius 1 is 1.00 bits per heavy atom. The standard InChI is InChI=1S/C24H31N3O3/c1-25(2)24(29)26-12-10-19(11-13-26)23(28)27-14-15-30-21(17-27)16-20-8-5-7-18-6-3-4-9-22(18)20/h3-9,19,21H,10-17H2,1-2H3/t21-/m0/s1. The first-order valence-corrected chi connectivity index (χ1v) is 10.9. The van der Waals surface area contributed by atoms with Gasteiger partial charge in [0.1, 0.15) is 0 Å². The van der Waals surface area contributed by atoms with Crippen molar-refractivity contribution in [3.05, 3.63) is 48.0 Å². The quantitative estimate of drug-likeness (QED) is 0.783. The number of likely N-dealkylation sites (tertiary alicyclic amines) is 1. The van der Waals surface area contributed by atoms with E-state index in [2.05, 4.69) is 42.5 Å². The fourth-order valence-electron chi connectivity index (χ4n) is 4.62. The fraction of sp³-hybridized carbons (Fsp3) is 0.500. The Morgan fingerprint density at radius 2 is 1.73 bits per heavy atom. The summed E-state index contributed by atoms with van der Waals surface area (Å²) in [7, 11) is 3.53. The number of nitrogens with zero attached hydrogens (tertiary/aromatic N) is 3. The molecule has 0 bridgehead atoms. The number of urea groups is 1. The summed E-state index contributed by atoms with van der Waals surface area (Å²) in [5.41, 5.74) is 1.27. The van der Waals surface area contributed by atoms with Crippen molar-refractivity contribution < 1.29 is 14.3 Å². The summed E-state index contributed by atoms with van der Waals surface area (Å²) in [6, 6.07) is 14.8. The van der Waals surface area contributed by atoms with Crippen LogP contribution in [0.2, 0.25) is 0 Å². The van der Waals surface area contributed by atoms with Crippen LogP contribution < -0.4 is 0 Å². The molecule has 0 spiro atoms. The van der Waals surface area contributed by atoms with Crippen LogP contribution in [0.3, 0.4) is 0 Å². The van der Waals surface area contributed by atoms with E-state index in [1.54, 1.807) is 19.0 Å². The molecule has 6 heteroatoms. The Hall–Kier alpha value is -2.60. The van der Waals surface area contributed by atoms with Crippen molar-refractivity contribution in [1.29, 1.82) is 0 Å². The van der Waals surface area contributed by atoms with Crippen LogP contribution in [0.1, 0.15) is 18.4 Å². The van der Waals surface area contributed by atoms with E-state index in [-0.39, 0.29) is 24.0 Å². The van der Waals surface area contributed by atoms with Crippen LogP contribution in [-0.4, -0.2) is 79.6 Å². The van der Waals surface area contributed by atoms with E-state index in [0.717, 1.165) is 19.3 Å². The van der Waals surface area contributed by atoms with Gasteiger partial charge in [0.25, 0.3) is 0 Å². The van der Waals surface area contributed by atoms with Crippen molar-refractivity contribution >= 4 is 22.7 Å². The third-order valence-electron chi connectivity index (χ3n) is 6.28. The summed E-state index contributed by atoms with van der Waals surface area (Å²) in [5, 5.41) is 2.49. The summed E-state index contributed by atoms with van der Waals surface area (Å²) in [5.74, 6) is 0.227. The number of rotatable bonds is 3. The van der Waals surface area contributed by atoms with Gasteiger partial charge in [-0.25, -0.2) is 4.79 Å². The summed E-state index contributed by atoms with van der Waals surface area (Å²) < 4.78 is 6.02. The van der Waals surface area contributed by atoms with Crippen molar-refractivity contribution in [3.8, 4) is 0 Å². The lowest BCUT2D eigenvalue weighted by Gasteiger charge is -2.38. The van der Waals surface area contributed by atoms with Gasteiger partial charge in [0.2, 0.25) is 5.91 Å². The molecule has 0 N–H and O–H groups in total. The van der Waals surface area contributed by atoms with E-state index in [4.69, 9.17) is 4.74 Å². The van der Waals surface area contributed by atoms with Crippen molar-refractivity contribution in [1.82, 2.24) is 14.7 Å². The highest BCUT2D eigenvalue weighted by atomic mass is 16.5. The molecule has 2 heterocycles. The molecule has 3 amide bonds. The molecule has 4 rings (SSSR count). The molecular formula is C24H31N3O3. The van der Waals surface area contributed by atoms with Gasteiger partial charge in [-0.15, -0.1) is 0 Å². The molecule has 2 aromatic carbocycles. The Morgan fingerprint density at radius 3 is 2.50 bits per heavy atom. The van der Waals surface area contributed by atoms with Crippen LogP contribution in [0, 0.1) is 5.92 Å². The Kier molecular flexibility index (Phi) is 6.23. The number of hydrogen-bond donors (Lipinski definition) is 0. The topological polar surface area (TPSA) is 53.1 Å². The highest BCUT2D eigenvalue weighted by Gasteiger charge is 2.33. The fourth-order valence-corrected chi connectivity index (χ4v) is 4.62. The van der Waals surface area contributed by atoms with Crippen molar-refractivity contribution in [2.24, 2.45) is 5.92 Å². The van der Waals surface area contributed by atoms with E-state index in [1.807, 2.05) is 9.80 Å². The molecule has 0 radical (unpaired) electrons. The number of amides is 3. The molecule has 160 valence electrons. The van der Waals surface area contributed by atoms with Crippen molar-refractivity contribution in [2.75, 3.05) is 46.9 Å². The predicted octanol–water partition coefficient (Wildman–Crippen LogP) is 3.00. The van der Waals surface area contributed by atoms with Crippen LogP contribution in [0.15, 0.2) is 42.5 Å². The lowest BCUT2D eigenvalue weighted by Crippen LogP contribution is -2.51. The van der Waals surface area contributed by atoms with Gasteiger partial charge >= 0.3 is 6.03 Å². The van der Waals surface area contributed by atoms with Crippen LogP contribution in [0.4, 0.5) is 4.79 Å². The number of piperidine rings is 1. The SMILES string of the molecule is CN(C)C(=O)N1CCC(C(=O)N2CCO[C@@H](Cc3cccc4ccccc34)C2)CC1. The molecule has 2 fully saturated rings. The second-order valence-corrected chi connectivity index (χ2v) is 8.56. The van der Waals surface area contributed by atoms with Gasteiger partial charge in [-0.05, 0) is 29.2 Å². The molecule has 0 saturated carbocycles. The van der Waals surface area contributed by atoms with Gasteiger partial charge in [0, 0.05) is 52.6 Å². The smallest absolute Gasteiger partial charge is 0.319 e. The minimum Gasteiger partial charge on any atom is -0.374 e. The second-order valence-electron chi connectivity index (χ2n) is 8.56. The first-order chi connectivity index (χ1) is 14.5. The van der Waals surface area contributed by atoms with E-state index in [0.29, 0.717) is 32.8 Å². The van der Waals surface area contributed by atoms with Gasteiger partial charge in [-0.3, -0.25) is 4.79 Å². The summed E-state index contributed by atoms with van der Waals surface area (Å²) in [6.07, 6.45) is 2.30. The maximum atomic E-state index is 13.1. The third kappa shape index (κ3) is 4.43. The zero-order valence-electron chi connectivity index (χ0n) is 17.9. The molecule has 2 aliphatic heterocycles. The average Bonchev–Trinajstić information content (AvgIpc) is 2.78. The molecule has 0 unspecified atom stereocenters. The van der Waals surface area contributed by atoms with E-state index in [1.165, 1.54) is 16.3 Å². The molecule has 2 saturated heterocycles. The number of hydrogen-bond acceptors (Lipinski definition) is 3. The molecule has 0 aromatic heterocycles. The average molecular weight is 410 g/mol. The molecule has 2 aromatic rings. The normalized spacial score (nSPS) is 20.4. The summed E-state index contributed by atoms with van der Waals surface area (Å²) in [4.78, 5) is 30.7. The lowest BCUT2D eigenvalue weighted by molar-refractivity contribution is -0.144. The molecule has 30 heavy (non-hydrogen) atoms. The summed E-state index contributed by atoms with van der Waals surface area (Å²) >= 11 is 0. The monoisotopic (exact) mass is 409 g/mol. The van der Waals surface area contributed by atoms with Crippen molar-refractivity contribution in [3.63, 3.8) is 0 Å². The van der Waals surface area contributed by atoms with Crippen LogP contribution in [0.25, 0.3) is 10.8 Å². The number of morpholine rings is 1. The largest absolute Gasteiger partial charge is 0.374 e. The highest BCUT2D eigenvalue weighted by Crippen LogP contribution is 2.24. The van der Waals surface area contributed by atoms with Gasteiger partial charge in [-0.1, -0.05) is 42.5 Å². The second kappa shape index (κ2) is 9.04. The minimum absolute atomic E-state index is 0.00696. The van der Waals surface area contributed by atoms with Gasteiger partial charge < -0.3 is 19.4 Å². The zero-order valence-corrected chi connectivity index (χ0v) is 17.9. The first kappa shape index (κ1) is 20.7. The zero-order chi connectivity index (χ0) is 21.1. The Labute approximate surface area is 178 Å². The maximum absolute atomic E-state index is 13.1. The number of carbonyl (C=O) groups excluding carboxylic acids is 2. The molecule has 1 atom stereocenters. The predicted molar refractivity (Wildman–Crippen MR) is 117 cm³/mol. The van der Waals surface area contributed by atoms with Crippen LogP contribution in [-0.2, 0) is 16.0 Å². The van der Waals surface area contributed by atoms with Gasteiger partial charge in [0.15, 0.2) is 0 Å². The third-order valence-corrected chi connectivity index (χ3v) is 6.28. The van der Waals surface area contributed by atoms with Crippen molar-refractivity contribution in [2.45, 2.75) is 25.4 Å². The first-order valence-electron chi connectivity index (χ1n) is 10.9. The van der Waals surface area contributed by atoms with E-state index < -0.39 is 0 Å². The molecule has 0 aliphatic carbocycles. The van der Waals surface area contributed by atoms with Gasteiger partial charge in [0.05, 0.1) is 12.7 Å². The molecular weight excluding hydrogens is 378 g/mol. The van der Waals surface area contributed by atoms with Crippen LogP contribution >= 0.6 is 0 Å². The highest BCUT2D eigenvalue weighted by molar-refractivity contribution is 5.85. The maximum Gasteiger partial charge on any atom is 0.319 e. The number of benzene rings is 2. The molecule has 6 nitrogen and oxygen atoms in total. The molecule has 2 aliphatic rings. The van der Waals surface area contributed by atoms with Crippen LogP contribution in [0.5, 0.6) is 0 Å².